The van der Waals surface area contributed by atoms with Gasteiger partial charge in [0.25, 0.3) is 0 Å². The second kappa shape index (κ2) is 11.0. The lowest BCUT2D eigenvalue weighted by molar-refractivity contribution is -0.121. The van der Waals surface area contributed by atoms with Gasteiger partial charge >= 0.3 is 0 Å². The Morgan fingerprint density at radius 1 is 1.00 bits per heavy atom. The summed E-state index contributed by atoms with van der Waals surface area (Å²) < 4.78 is 7.25. The van der Waals surface area contributed by atoms with E-state index in [0.29, 0.717) is 13.0 Å². The largest absolute Gasteiger partial charge is 0.497 e. The molecule has 1 aromatic heterocycles. The number of aryl methyl sites for hydroxylation is 3. The lowest BCUT2D eigenvalue weighted by Gasteiger charge is -2.08. The Kier molecular flexibility index (Phi) is 7.81. The number of hydrogen-bond acceptors (Lipinski definition) is 4. The molecular weight excluding hydrogens is 364 g/mol. The van der Waals surface area contributed by atoms with Gasteiger partial charge in [-0.3, -0.25) is 4.79 Å². The lowest BCUT2D eigenvalue weighted by atomic mass is 10.1. The Balaban J connectivity index is 1.34. The minimum absolute atomic E-state index is 0.0753. The Hall–Kier alpha value is -3.15. The number of aromatic nitrogens is 3. The van der Waals surface area contributed by atoms with Crippen LogP contribution in [0.1, 0.15) is 36.2 Å². The third-order valence-corrected chi connectivity index (χ3v) is 4.88. The van der Waals surface area contributed by atoms with Crippen LogP contribution in [-0.2, 0) is 30.7 Å². The molecule has 6 heteroatoms. The molecule has 0 atom stereocenters. The second-order valence-corrected chi connectivity index (χ2v) is 7.01. The molecule has 3 rings (SSSR count). The van der Waals surface area contributed by atoms with E-state index in [0.717, 1.165) is 49.4 Å². The Morgan fingerprint density at radius 3 is 2.55 bits per heavy atom. The summed E-state index contributed by atoms with van der Waals surface area (Å²) in [4.78, 5) is 12.1. The van der Waals surface area contributed by atoms with E-state index < -0.39 is 0 Å². The van der Waals surface area contributed by atoms with E-state index in [1.165, 1.54) is 5.56 Å². The summed E-state index contributed by atoms with van der Waals surface area (Å²) in [6.07, 6.45) is 5.86. The van der Waals surface area contributed by atoms with Crippen LogP contribution >= 0.6 is 0 Å². The molecule has 0 fully saturated rings. The van der Waals surface area contributed by atoms with Crippen LogP contribution in [0.3, 0.4) is 0 Å². The lowest BCUT2D eigenvalue weighted by Crippen LogP contribution is -2.22. The van der Waals surface area contributed by atoms with Crippen molar-refractivity contribution < 1.29 is 9.53 Å². The van der Waals surface area contributed by atoms with Crippen LogP contribution in [0.4, 0.5) is 0 Å². The highest BCUT2D eigenvalue weighted by Crippen LogP contribution is 2.11. The number of methoxy groups -OCH3 is 1. The number of rotatable bonds is 11. The van der Waals surface area contributed by atoms with Gasteiger partial charge in [0.15, 0.2) is 0 Å². The van der Waals surface area contributed by atoms with Gasteiger partial charge in [-0.2, -0.15) is 0 Å². The van der Waals surface area contributed by atoms with Gasteiger partial charge in [0.05, 0.1) is 7.11 Å². The normalized spacial score (nSPS) is 10.7. The van der Waals surface area contributed by atoms with Crippen molar-refractivity contribution in [2.24, 2.45) is 0 Å². The smallest absolute Gasteiger partial charge is 0.220 e. The van der Waals surface area contributed by atoms with Gasteiger partial charge < -0.3 is 14.6 Å². The van der Waals surface area contributed by atoms with Crippen LogP contribution in [-0.4, -0.2) is 27.8 Å². The van der Waals surface area contributed by atoms with E-state index in [2.05, 4.69) is 44.3 Å². The SMILES string of the molecule is COc1ccc(CNC(=O)CCCCc2nncn2CCc2ccccc2)cc1. The van der Waals surface area contributed by atoms with Crippen molar-refractivity contribution in [1.82, 2.24) is 20.1 Å². The number of nitrogens with zero attached hydrogens (tertiary/aromatic N) is 3. The number of hydrogen-bond donors (Lipinski definition) is 1. The molecule has 3 aromatic rings. The number of carbonyl (C=O) groups is 1. The van der Waals surface area contributed by atoms with Gasteiger partial charge in [0.1, 0.15) is 17.9 Å². The van der Waals surface area contributed by atoms with Crippen LogP contribution in [0.5, 0.6) is 5.75 Å². The predicted molar refractivity (Wildman–Crippen MR) is 113 cm³/mol. The highest BCUT2D eigenvalue weighted by Gasteiger charge is 2.06. The summed E-state index contributed by atoms with van der Waals surface area (Å²) in [5.74, 6) is 1.88. The molecule has 1 amide bonds. The molecule has 152 valence electrons. The summed E-state index contributed by atoms with van der Waals surface area (Å²) in [7, 11) is 1.64. The average molecular weight is 393 g/mol. The molecule has 0 saturated carbocycles. The molecule has 0 spiro atoms. The molecule has 2 aromatic carbocycles. The van der Waals surface area contributed by atoms with Crippen LogP contribution in [0.25, 0.3) is 0 Å². The second-order valence-electron chi connectivity index (χ2n) is 7.01. The highest BCUT2D eigenvalue weighted by atomic mass is 16.5. The molecule has 0 saturated heterocycles. The maximum atomic E-state index is 12.1. The quantitative estimate of drug-likeness (QED) is 0.507. The molecule has 0 aliphatic carbocycles. The topological polar surface area (TPSA) is 69.0 Å². The number of carbonyl (C=O) groups excluding carboxylic acids is 1. The van der Waals surface area contributed by atoms with Gasteiger partial charge in [-0.1, -0.05) is 42.5 Å². The van der Waals surface area contributed by atoms with E-state index in [4.69, 9.17) is 4.74 Å². The van der Waals surface area contributed by atoms with E-state index in [9.17, 15) is 4.79 Å². The zero-order valence-corrected chi connectivity index (χ0v) is 16.9. The molecule has 0 unspecified atom stereocenters. The van der Waals surface area contributed by atoms with Gasteiger partial charge in [-0.15, -0.1) is 10.2 Å². The van der Waals surface area contributed by atoms with Crippen molar-refractivity contribution in [1.29, 1.82) is 0 Å². The molecule has 0 aliphatic heterocycles. The van der Waals surface area contributed by atoms with Crippen molar-refractivity contribution in [2.45, 2.75) is 45.2 Å². The molecule has 0 aliphatic rings. The third kappa shape index (κ3) is 6.75. The molecular formula is C23H28N4O2. The number of unbranched alkanes of at least 4 members (excludes halogenated alkanes) is 1. The summed E-state index contributed by atoms with van der Waals surface area (Å²) in [6.45, 7) is 1.41. The van der Waals surface area contributed by atoms with Crippen molar-refractivity contribution >= 4 is 5.91 Å². The Bertz CT molecular complexity index is 875. The Labute approximate surface area is 171 Å². The zero-order valence-electron chi connectivity index (χ0n) is 16.9. The van der Waals surface area contributed by atoms with Crippen molar-refractivity contribution in [2.75, 3.05) is 7.11 Å². The first kappa shape index (κ1) is 20.6. The van der Waals surface area contributed by atoms with Gasteiger partial charge in [0, 0.05) is 25.9 Å². The molecule has 29 heavy (non-hydrogen) atoms. The van der Waals surface area contributed by atoms with Gasteiger partial charge in [-0.25, -0.2) is 0 Å². The summed E-state index contributed by atoms with van der Waals surface area (Å²) >= 11 is 0. The van der Waals surface area contributed by atoms with Crippen molar-refractivity contribution in [3.8, 4) is 5.75 Å². The van der Waals surface area contributed by atoms with Gasteiger partial charge in [-0.05, 0) is 42.5 Å². The van der Waals surface area contributed by atoms with Crippen molar-refractivity contribution in [3.05, 3.63) is 77.9 Å². The minimum atomic E-state index is 0.0753. The maximum absolute atomic E-state index is 12.1. The van der Waals surface area contributed by atoms with Gasteiger partial charge in [0.2, 0.25) is 5.91 Å². The van der Waals surface area contributed by atoms with E-state index in [1.54, 1.807) is 13.4 Å². The summed E-state index contributed by atoms with van der Waals surface area (Å²) in [5, 5.41) is 11.3. The number of nitrogens with one attached hydrogen (secondary N) is 1. The standard InChI is InChI=1S/C23H28N4O2/c1-29-21-13-11-20(12-14-21)17-24-23(28)10-6-5-9-22-26-25-18-27(22)16-15-19-7-3-2-4-8-19/h2-4,7-8,11-14,18H,5-6,9-10,15-17H2,1H3,(H,24,28). The average Bonchev–Trinajstić information content (AvgIpc) is 3.22. The van der Waals surface area contributed by atoms with E-state index in [-0.39, 0.29) is 5.91 Å². The first-order valence-electron chi connectivity index (χ1n) is 10.0. The number of benzene rings is 2. The first-order chi connectivity index (χ1) is 14.2. The highest BCUT2D eigenvalue weighted by molar-refractivity contribution is 5.75. The fourth-order valence-corrected chi connectivity index (χ4v) is 3.15. The van der Waals surface area contributed by atoms with Crippen molar-refractivity contribution in [3.63, 3.8) is 0 Å². The maximum Gasteiger partial charge on any atom is 0.220 e. The predicted octanol–water partition coefficient (Wildman–Crippen LogP) is 3.56. The fraction of sp³-hybridized carbons (Fsp3) is 0.348. The van der Waals surface area contributed by atoms with Crippen LogP contribution in [0.15, 0.2) is 60.9 Å². The first-order valence-corrected chi connectivity index (χ1v) is 10.0. The van der Waals surface area contributed by atoms with Crippen LogP contribution < -0.4 is 10.1 Å². The molecule has 0 radical (unpaired) electrons. The fourth-order valence-electron chi connectivity index (χ4n) is 3.15. The van der Waals surface area contributed by atoms with Crippen LogP contribution in [0, 0.1) is 0 Å². The summed E-state index contributed by atoms with van der Waals surface area (Å²) in [6, 6.07) is 18.1. The molecule has 0 bridgehead atoms. The van der Waals surface area contributed by atoms with Crippen LogP contribution in [0.2, 0.25) is 0 Å². The zero-order chi connectivity index (χ0) is 20.3. The summed E-state index contributed by atoms with van der Waals surface area (Å²) in [5.41, 5.74) is 2.37. The van der Waals surface area contributed by atoms with E-state index in [1.807, 2.05) is 30.3 Å². The monoisotopic (exact) mass is 392 g/mol. The van der Waals surface area contributed by atoms with E-state index >= 15 is 0 Å². The number of amides is 1. The third-order valence-electron chi connectivity index (χ3n) is 4.88. The molecule has 1 N–H and O–H groups in total. The molecule has 6 nitrogen and oxygen atoms in total. The Morgan fingerprint density at radius 2 is 1.79 bits per heavy atom. The minimum Gasteiger partial charge on any atom is -0.497 e. The number of ether oxygens (including phenoxy) is 1. The molecule has 1 heterocycles.